The van der Waals surface area contributed by atoms with E-state index in [0.717, 1.165) is 6.54 Å². The highest BCUT2D eigenvalue weighted by Crippen LogP contribution is 2.19. The molecule has 0 aliphatic rings. The van der Waals surface area contributed by atoms with E-state index in [0.29, 0.717) is 12.1 Å². The molecule has 1 atom stereocenters. The normalized spacial score (nSPS) is 13.3. The van der Waals surface area contributed by atoms with Crippen molar-refractivity contribution >= 4 is 0 Å². The van der Waals surface area contributed by atoms with Crippen molar-refractivity contribution in [1.82, 2.24) is 15.1 Å². The molecule has 0 radical (unpaired) electrons. The summed E-state index contributed by atoms with van der Waals surface area (Å²) in [5.41, 5.74) is 1.32. The fourth-order valence-corrected chi connectivity index (χ4v) is 2.03. The highest BCUT2D eigenvalue weighted by atomic mass is 15.3. The van der Waals surface area contributed by atoms with Crippen molar-refractivity contribution in [1.29, 1.82) is 0 Å². The molecule has 0 aliphatic heterocycles. The topological polar surface area (TPSA) is 29.9 Å². The molecule has 1 heterocycles. The van der Waals surface area contributed by atoms with Crippen LogP contribution in [0.2, 0.25) is 0 Å². The Kier molecular flexibility index (Phi) is 5.53. The number of unbranched alkanes of at least 4 members (excludes halogenated alkanes) is 1. The van der Waals surface area contributed by atoms with Gasteiger partial charge < -0.3 is 5.32 Å². The Hall–Kier alpha value is -0.830. The van der Waals surface area contributed by atoms with E-state index in [-0.39, 0.29) is 0 Å². The molecule has 1 N–H and O–H groups in total. The maximum atomic E-state index is 4.35. The highest BCUT2D eigenvalue weighted by Gasteiger charge is 2.15. The Balaban J connectivity index is 2.74. The minimum Gasteiger partial charge on any atom is -0.306 e. The molecular weight excluding hydrogens is 198 g/mol. The number of aryl methyl sites for hydroxylation is 1. The predicted molar refractivity (Wildman–Crippen MR) is 68.4 cm³/mol. The van der Waals surface area contributed by atoms with Crippen molar-refractivity contribution in [3.05, 3.63) is 18.0 Å². The average molecular weight is 223 g/mol. The lowest BCUT2D eigenvalue weighted by molar-refractivity contribution is 0.411. The molecule has 1 rings (SSSR count). The van der Waals surface area contributed by atoms with E-state index in [1.54, 1.807) is 0 Å². The summed E-state index contributed by atoms with van der Waals surface area (Å²) in [5.74, 6) is 0. The second kappa shape index (κ2) is 6.69. The van der Waals surface area contributed by atoms with Crippen LogP contribution in [0.1, 0.15) is 58.7 Å². The molecule has 0 saturated carbocycles. The molecule has 0 amide bonds. The van der Waals surface area contributed by atoms with Crippen molar-refractivity contribution in [2.75, 3.05) is 0 Å². The summed E-state index contributed by atoms with van der Waals surface area (Å²) in [4.78, 5) is 0. The second-order valence-electron chi connectivity index (χ2n) is 4.59. The molecule has 0 aromatic carbocycles. The number of hydrogen-bond acceptors (Lipinski definition) is 2. The zero-order chi connectivity index (χ0) is 12.0. The zero-order valence-electron chi connectivity index (χ0n) is 11.0. The third kappa shape index (κ3) is 3.63. The van der Waals surface area contributed by atoms with E-state index in [1.165, 1.54) is 25.0 Å². The van der Waals surface area contributed by atoms with Gasteiger partial charge in [-0.1, -0.05) is 33.6 Å². The molecule has 92 valence electrons. The lowest BCUT2D eigenvalue weighted by Gasteiger charge is -2.22. The molecule has 0 saturated heterocycles. The minimum absolute atomic E-state index is 0.447. The van der Waals surface area contributed by atoms with Crippen molar-refractivity contribution in [3.63, 3.8) is 0 Å². The third-order valence-corrected chi connectivity index (χ3v) is 2.79. The fourth-order valence-electron chi connectivity index (χ4n) is 2.03. The smallest absolute Gasteiger partial charge is 0.0553 e. The van der Waals surface area contributed by atoms with Crippen molar-refractivity contribution < 1.29 is 0 Å². The van der Waals surface area contributed by atoms with Gasteiger partial charge in [0.2, 0.25) is 0 Å². The van der Waals surface area contributed by atoms with Crippen LogP contribution in [0, 0.1) is 0 Å². The van der Waals surface area contributed by atoms with Gasteiger partial charge in [-0.2, -0.15) is 5.10 Å². The van der Waals surface area contributed by atoms with Crippen LogP contribution in [-0.2, 0) is 6.54 Å². The Morgan fingerprint density at radius 3 is 2.69 bits per heavy atom. The molecule has 1 unspecified atom stereocenters. The van der Waals surface area contributed by atoms with E-state index in [1.807, 2.05) is 6.20 Å². The zero-order valence-corrected chi connectivity index (χ0v) is 11.0. The molecule has 0 bridgehead atoms. The van der Waals surface area contributed by atoms with Crippen LogP contribution in [-0.4, -0.2) is 15.8 Å². The van der Waals surface area contributed by atoms with Gasteiger partial charge in [0.25, 0.3) is 0 Å². The standard InChI is InChI=1S/C13H25N3/c1-5-7-8-12(15-11(3)4)13-9-10-14-16(13)6-2/h9-12,15H,5-8H2,1-4H3. The van der Waals surface area contributed by atoms with Crippen molar-refractivity contribution in [2.45, 2.75) is 65.6 Å². The lowest BCUT2D eigenvalue weighted by atomic mass is 10.1. The quantitative estimate of drug-likeness (QED) is 0.769. The Morgan fingerprint density at radius 2 is 2.12 bits per heavy atom. The van der Waals surface area contributed by atoms with Crippen LogP contribution in [0.4, 0.5) is 0 Å². The number of nitrogens with one attached hydrogen (secondary N) is 1. The first-order chi connectivity index (χ1) is 7.69. The minimum atomic E-state index is 0.447. The van der Waals surface area contributed by atoms with Gasteiger partial charge in [0.15, 0.2) is 0 Å². The van der Waals surface area contributed by atoms with Gasteiger partial charge in [0.05, 0.1) is 5.69 Å². The SMILES string of the molecule is CCCCC(NC(C)C)c1ccnn1CC. The van der Waals surface area contributed by atoms with Crippen LogP contribution < -0.4 is 5.32 Å². The average Bonchev–Trinajstić information content (AvgIpc) is 2.71. The lowest BCUT2D eigenvalue weighted by Crippen LogP contribution is -2.29. The highest BCUT2D eigenvalue weighted by molar-refractivity contribution is 5.07. The Bertz CT molecular complexity index is 291. The van der Waals surface area contributed by atoms with Crippen LogP contribution >= 0.6 is 0 Å². The van der Waals surface area contributed by atoms with Gasteiger partial charge in [0.1, 0.15) is 0 Å². The maximum absolute atomic E-state index is 4.35. The van der Waals surface area contributed by atoms with E-state index >= 15 is 0 Å². The van der Waals surface area contributed by atoms with Gasteiger partial charge in [-0.15, -0.1) is 0 Å². The first-order valence-electron chi connectivity index (χ1n) is 6.46. The van der Waals surface area contributed by atoms with E-state index in [9.17, 15) is 0 Å². The summed E-state index contributed by atoms with van der Waals surface area (Å²) < 4.78 is 2.09. The molecule has 1 aromatic heterocycles. The predicted octanol–water partition coefficient (Wildman–Crippen LogP) is 3.13. The van der Waals surface area contributed by atoms with Crippen molar-refractivity contribution in [3.8, 4) is 0 Å². The first kappa shape index (κ1) is 13.2. The van der Waals surface area contributed by atoms with Gasteiger partial charge in [-0.25, -0.2) is 0 Å². The Morgan fingerprint density at radius 1 is 1.38 bits per heavy atom. The summed E-state index contributed by atoms with van der Waals surface area (Å²) in [7, 11) is 0. The van der Waals surface area contributed by atoms with Crippen LogP contribution in [0.25, 0.3) is 0 Å². The third-order valence-electron chi connectivity index (χ3n) is 2.79. The molecule has 3 heteroatoms. The van der Waals surface area contributed by atoms with E-state index in [2.05, 4.69) is 48.9 Å². The van der Waals surface area contributed by atoms with Gasteiger partial charge in [-0.3, -0.25) is 4.68 Å². The van der Waals surface area contributed by atoms with Gasteiger partial charge >= 0.3 is 0 Å². The first-order valence-corrected chi connectivity index (χ1v) is 6.46. The fraction of sp³-hybridized carbons (Fsp3) is 0.769. The number of rotatable bonds is 7. The molecule has 0 aliphatic carbocycles. The summed E-state index contributed by atoms with van der Waals surface area (Å²) in [5, 5.41) is 7.98. The van der Waals surface area contributed by atoms with E-state index < -0.39 is 0 Å². The number of nitrogens with zero attached hydrogens (tertiary/aromatic N) is 2. The van der Waals surface area contributed by atoms with Crippen molar-refractivity contribution in [2.24, 2.45) is 0 Å². The van der Waals surface area contributed by atoms with Crippen LogP contribution in [0.3, 0.4) is 0 Å². The second-order valence-corrected chi connectivity index (χ2v) is 4.59. The number of hydrogen-bond donors (Lipinski definition) is 1. The molecule has 3 nitrogen and oxygen atoms in total. The van der Waals surface area contributed by atoms with Crippen LogP contribution in [0.5, 0.6) is 0 Å². The largest absolute Gasteiger partial charge is 0.306 e. The molecule has 0 spiro atoms. The van der Waals surface area contributed by atoms with Gasteiger partial charge in [0, 0.05) is 24.8 Å². The molecule has 0 fully saturated rings. The van der Waals surface area contributed by atoms with Crippen LogP contribution in [0.15, 0.2) is 12.3 Å². The number of aromatic nitrogens is 2. The summed E-state index contributed by atoms with van der Waals surface area (Å²) in [6.45, 7) is 9.73. The summed E-state index contributed by atoms with van der Waals surface area (Å²) in [6, 6.07) is 3.10. The molecule has 16 heavy (non-hydrogen) atoms. The molecular formula is C13H25N3. The van der Waals surface area contributed by atoms with Gasteiger partial charge in [-0.05, 0) is 19.4 Å². The summed E-state index contributed by atoms with van der Waals surface area (Å²) in [6.07, 6.45) is 5.61. The monoisotopic (exact) mass is 223 g/mol. The van der Waals surface area contributed by atoms with E-state index in [4.69, 9.17) is 0 Å². The molecule has 1 aromatic rings. The summed E-state index contributed by atoms with van der Waals surface area (Å²) >= 11 is 0. The Labute approximate surface area is 99.2 Å². The maximum Gasteiger partial charge on any atom is 0.0553 e.